The van der Waals surface area contributed by atoms with Crippen LogP contribution in [-0.4, -0.2) is 34.8 Å². The molecule has 1 aromatic rings. The predicted molar refractivity (Wildman–Crippen MR) is 68.7 cm³/mol. The van der Waals surface area contributed by atoms with Gasteiger partial charge in [0.1, 0.15) is 6.67 Å². The van der Waals surface area contributed by atoms with E-state index in [0.717, 1.165) is 11.2 Å². The lowest BCUT2D eigenvalue weighted by molar-refractivity contribution is 0.00578. The van der Waals surface area contributed by atoms with E-state index in [1.807, 2.05) is 34.6 Å². The predicted octanol–water partition coefficient (Wildman–Crippen LogP) is 1.46. The van der Waals surface area contributed by atoms with Gasteiger partial charge in [0, 0.05) is 17.4 Å². The van der Waals surface area contributed by atoms with Crippen LogP contribution < -0.4 is 5.46 Å². The molecule has 1 aliphatic heterocycles. The van der Waals surface area contributed by atoms with Crippen LogP contribution >= 0.6 is 0 Å². The molecule has 1 aliphatic rings. The molecule has 2 heterocycles. The molecule has 2 rings (SSSR count). The zero-order valence-electron chi connectivity index (χ0n) is 11.7. The maximum Gasteiger partial charge on any atom is 0.498 e. The number of hydrogen-bond donors (Lipinski definition) is 0. The van der Waals surface area contributed by atoms with Gasteiger partial charge < -0.3 is 9.31 Å². The van der Waals surface area contributed by atoms with Gasteiger partial charge in [-0.05, 0) is 34.6 Å². The van der Waals surface area contributed by atoms with Crippen molar-refractivity contribution in [2.75, 3.05) is 6.67 Å². The number of rotatable bonds is 3. The van der Waals surface area contributed by atoms with Gasteiger partial charge in [0.2, 0.25) is 0 Å². The van der Waals surface area contributed by atoms with Crippen molar-refractivity contribution in [3.8, 4) is 0 Å². The lowest BCUT2D eigenvalue weighted by Gasteiger charge is -2.32. The van der Waals surface area contributed by atoms with Gasteiger partial charge in [-0.3, -0.25) is 4.68 Å². The number of aromatic nitrogens is 2. The molecule has 18 heavy (non-hydrogen) atoms. The van der Waals surface area contributed by atoms with E-state index in [-0.39, 0.29) is 17.7 Å². The Bertz CT molecular complexity index is 429. The van der Waals surface area contributed by atoms with Crippen LogP contribution in [0.3, 0.4) is 0 Å². The Hall–Kier alpha value is -0.875. The Morgan fingerprint density at radius 1 is 1.28 bits per heavy atom. The second kappa shape index (κ2) is 4.35. The first-order valence-corrected chi connectivity index (χ1v) is 6.22. The number of aryl methyl sites for hydroxylation is 1. The van der Waals surface area contributed by atoms with E-state index in [0.29, 0.717) is 0 Å². The van der Waals surface area contributed by atoms with Crippen molar-refractivity contribution >= 4 is 12.6 Å². The van der Waals surface area contributed by atoms with E-state index in [9.17, 15) is 4.39 Å². The second-order valence-corrected chi connectivity index (χ2v) is 5.69. The first-order valence-electron chi connectivity index (χ1n) is 6.22. The Labute approximate surface area is 108 Å². The SMILES string of the molecule is Cc1c(B2OC(C)(C)C(C)(C)O2)cnn1CCF. The molecule has 0 N–H and O–H groups in total. The summed E-state index contributed by atoms with van der Waals surface area (Å²) in [7, 11) is -0.427. The molecule has 0 unspecified atom stereocenters. The molecule has 0 spiro atoms. The Balaban J connectivity index is 2.25. The number of nitrogens with zero attached hydrogens (tertiary/aromatic N) is 2. The summed E-state index contributed by atoms with van der Waals surface area (Å²) in [6, 6.07) is 0. The summed E-state index contributed by atoms with van der Waals surface area (Å²) in [4.78, 5) is 0. The van der Waals surface area contributed by atoms with Crippen molar-refractivity contribution in [1.29, 1.82) is 0 Å². The molecule has 0 radical (unpaired) electrons. The first-order chi connectivity index (χ1) is 8.28. The van der Waals surface area contributed by atoms with Gasteiger partial charge in [-0.25, -0.2) is 4.39 Å². The van der Waals surface area contributed by atoms with E-state index < -0.39 is 13.8 Å². The van der Waals surface area contributed by atoms with Gasteiger partial charge in [-0.1, -0.05) is 0 Å². The van der Waals surface area contributed by atoms with Crippen LogP contribution in [0.4, 0.5) is 4.39 Å². The highest BCUT2D eigenvalue weighted by atomic mass is 19.1. The number of hydrogen-bond acceptors (Lipinski definition) is 3. The minimum absolute atomic E-state index is 0.269. The van der Waals surface area contributed by atoms with E-state index >= 15 is 0 Å². The summed E-state index contributed by atoms with van der Waals surface area (Å²) in [5.41, 5.74) is 1.03. The fourth-order valence-electron chi connectivity index (χ4n) is 1.97. The van der Waals surface area contributed by atoms with E-state index in [4.69, 9.17) is 9.31 Å². The van der Waals surface area contributed by atoms with E-state index in [1.165, 1.54) is 0 Å². The zero-order chi connectivity index (χ0) is 13.6. The summed E-state index contributed by atoms with van der Waals surface area (Å²) in [6.07, 6.45) is 1.70. The third-order valence-electron chi connectivity index (χ3n) is 3.94. The molecule has 0 aliphatic carbocycles. The minimum atomic E-state index is -0.427. The van der Waals surface area contributed by atoms with Gasteiger partial charge in [0.15, 0.2) is 0 Å². The van der Waals surface area contributed by atoms with Crippen LogP contribution in [0, 0.1) is 6.92 Å². The third-order valence-corrected chi connectivity index (χ3v) is 3.94. The Morgan fingerprint density at radius 3 is 2.33 bits per heavy atom. The standard InChI is InChI=1S/C12H20BFN2O2/c1-9-10(8-15-16(9)7-6-14)13-17-11(2,3)12(4,5)18-13/h8H,6-7H2,1-5H3. The molecular weight excluding hydrogens is 234 g/mol. The summed E-state index contributed by atoms with van der Waals surface area (Å²) < 4.78 is 25.9. The fraction of sp³-hybridized carbons (Fsp3) is 0.750. The van der Waals surface area contributed by atoms with Crippen LogP contribution in [0.15, 0.2) is 6.20 Å². The monoisotopic (exact) mass is 254 g/mol. The normalized spacial score (nSPS) is 21.6. The Kier molecular flexibility index (Phi) is 3.27. The van der Waals surface area contributed by atoms with Crippen LogP contribution in [0.2, 0.25) is 0 Å². The van der Waals surface area contributed by atoms with Crippen molar-refractivity contribution in [2.45, 2.75) is 52.4 Å². The van der Waals surface area contributed by atoms with Crippen molar-refractivity contribution in [1.82, 2.24) is 9.78 Å². The quantitative estimate of drug-likeness (QED) is 0.766. The summed E-state index contributed by atoms with van der Waals surface area (Å²) in [5, 5.41) is 4.16. The van der Waals surface area contributed by atoms with E-state index in [2.05, 4.69) is 5.10 Å². The summed E-state index contributed by atoms with van der Waals surface area (Å²) in [6.45, 7) is 9.78. The summed E-state index contributed by atoms with van der Waals surface area (Å²) >= 11 is 0. The average Bonchev–Trinajstić information content (AvgIpc) is 2.68. The molecule has 0 aromatic carbocycles. The smallest absolute Gasteiger partial charge is 0.399 e. The lowest BCUT2D eigenvalue weighted by atomic mass is 9.79. The summed E-state index contributed by atoms with van der Waals surface area (Å²) in [5.74, 6) is 0. The third kappa shape index (κ3) is 2.08. The minimum Gasteiger partial charge on any atom is -0.399 e. The van der Waals surface area contributed by atoms with Crippen LogP contribution in [0.25, 0.3) is 0 Å². The molecule has 1 saturated heterocycles. The van der Waals surface area contributed by atoms with Gasteiger partial charge in [-0.2, -0.15) is 5.10 Å². The van der Waals surface area contributed by atoms with Gasteiger partial charge in [0.25, 0.3) is 0 Å². The van der Waals surface area contributed by atoms with Gasteiger partial charge >= 0.3 is 7.12 Å². The molecular formula is C12H20BFN2O2. The highest BCUT2D eigenvalue weighted by molar-refractivity contribution is 6.62. The lowest BCUT2D eigenvalue weighted by Crippen LogP contribution is -2.41. The molecule has 0 saturated carbocycles. The molecule has 100 valence electrons. The maximum atomic E-state index is 12.4. The molecule has 0 atom stereocenters. The Morgan fingerprint density at radius 2 is 1.83 bits per heavy atom. The van der Waals surface area contributed by atoms with Crippen molar-refractivity contribution < 1.29 is 13.7 Å². The van der Waals surface area contributed by atoms with Crippen molar-refractivity contribution in [3.63, 3.8) is 0 Å². The number of alkyl halides is 1. The highest BCUT2D eigenvalue weighted by Gasteiger charge is 2.52. The van der Waals surface area contributed by atoms with Crippen LogP contribution in [-0.2, 0) is 15.9 Å². The maximum absolute atomic E-state index is 12.4. The second-order valence-electron chi connectivity index (χ2n) is 5.69. The largest absolute Gasteiger partial charge is 0.498 e. The van der Waals surface area contributed by atoms with Crippen molar-refractivity contribution in [3.05, 3.63) is 11.9 Å². The van der Waals surface area contributed by atoms with Crippen molar-refractivity contribution in [2.24, 2.45) is 0 Å². The number of halogens is 1. The van der Waals surface area contributed by atoms with Gasteiger partial charge in [0.05, 0.1) is 17.7 Å². The molecule has 6 heteroatoms. The first kappa shape index (κ1) is 13.6. The highest BCUT2D eigenvalue weighted by Crippen LogP contribution is 2.36. The average molecular weight is 254 g/mol. The molecule has 1 aromatic heterocycles. The van der Waals surface area contributed by atoms with Crippen LogP contribution in [0.5, 0.6) is 0 Å². The van der Waals surface area contributed by atoms with Crippen LogP contribution in [0.1, 0.15) is 33.4 Å². The fourth-order valence-corrected chi connectivity index (χ4v) is 1.97. The molecule has 0 bridgehead atoms. The topological polar surface area (TPSA) is 36.3 Å². The molecule has 0 amide bonds. The molecule has 4 nitrogen and oxygen atoms in total. The van der Waals surface area contributed by atoms with E-state index in [1.54, 1.807) is 10.9 Å². The molecule has 1 fully saturated rings. The zero-order valence-corrected chi connectivity index (χ0v) is 11.7. The van der Waals surface area contributed by atoms with Gasteiger partial charge in [-0.15, -0.1) is 0 Å².